The SMILES string of the molecule is CC(=O)NCC1CN(c2ccc(C34CC3CN(Cc3ccccc3)C4)cc2)C(=O)O1. The third kappa shape index (κ3) is 3.56. The van der Waals surface area contributed by atoms with Crippen LogP contribution in [0.1, 0.15) is 24.5 Å². The first-order valence-corrected chi connectivity index (χ1v) is 10.6. The average Bonchev–Trinajstić information content (AvgIpc) is 3.11. The summed E-state index contributed by atoms with van der Waals surface area (Å²) in [7, 11) is 0. The number of hydrogen-bond acceptors (Lipinski definition) is 4. The predicted octanol–water partition coefficient (Wildman–Crippen LogP) is 2.92. The minimum atomic E-state index is -0.351. The predicted molar refractivity (Wildman–Crippen MR) is 114 cm³/mol. The highest BCUT2D eigenvalue weighted by Crippen LogP contribution is 2.59. The van der Waals surface area contributed by atoms with Crippen LogP contribution in [0.4, 0.5) is 10.5 Å². The molecule has 30 heavy (non-hydrogen) atoms. The smallest absolute Gasteiger partial charge is 0.414 e. The van der Waals surface area contributed by atoms with Gasteiger partial charge in [-0.3, -0.25) is 14.6 Å². The molecule has 1 saturated carbocycles. The molecular formula is C24H27N3O3. The molecule has 3 aliphatic rings. The Hall–Kier alpha value is -2.86. The van der Waals surface area contributed by atoms with Gasteiger partial charge in [0.1, 0.15) is 6.10 Å². The van der Waals surface area contributed by atoms with Crippen LogP contribution < -0.4 is 10.2 Å². The summed E-state index contributed by atoms with van der Waals surface area (Å²) in [6.07, 6.45) is 0.590. The van der Waals surface area contributed by atoms with Gasteiger partial charge in [0.25, 0.3) is 0 Å². The van der Waals surface area contributed by atoms with E-state index >= 15 is 0 Å². The Morgan fingerprint density at radius 1 is 1.13 bits per heavy atom. The Morgan fingerprint density at radius 3 is 2.63 bits per heavy atom. The number of carbonyl (C=O) groups excluding carboxylic acids is 2. The van der Waals surface area contributed by atoms with E-state index in [2.05, 4.69) is 52.7 Å². The third-order valence-electron chi connectivity index (χ3n) is 6.67. The average molecular weight is 405 g/mol. The molecule has 0 bridgehead atoms. The van der Waals surface area contributed by atoms with E-state index in [1.165, 1.54) is 24.5 Å². The van der Waals surface area contributed by atoms with Crippen LogP contribution in [0.5, 0.6) is 0 Å². The monoisotopic (exact) mass is 405 g/mol. The molecule has 6 nitrogen and oxygen atoms in total. The lowest BCUT2D eigenvalue weighted by molar-refractivity contribution is -0.119. The fourth-order valence-corrected chi connectivity index (χ4v) is 5.07. The zero-order valence-corrected chi connectivity index (χ0v) is 17.2. The van der Waals surface area contributed by atoms with E-state index in [0.717, 1.165) is 31.2 Å². The number of hydrogen-bond donors (Lipinski definition) is 1. The number of piperidine rings is 1. The molecule has 0 spiro atoms. The van der Waals surface area contributed by atoms with E-state index in [4.69, 9.17) is 4.74 Å². The Balaban J connectivity index is 1.23. The van der Waals surface area contributed by atoms with Gasteiger partial charge in [0, 0.05) is 37.7 Å². The number of ether oxygens (including phenoxy) is 1. The van der Waals surface area contributed by atoms with Crippen LogP contribution in [0.2, 0.25) is 0 Å². The fraction of sp³-hybridized carbons (Fsp3) is 0.417. The second-order valence-electron chi connectivity index (χ2n) is 8.81. The zero-order valence-electron chi connectivity index (χ0n) is 17.2. The Morgan fingerprint density at radius 2 is 1.90 bits per heavy atom. The van der Waals surface area contributed by atoms with Gasteiger partial charge < -0.3 is 10.1 Å². The number of rotatable bonds is 6. The Labute approximate surface area is 176 Å². The number of nitrogens with one attached hydrogen (secondary N) is 1. The molecule has 1 N–H and O–H groups in total. The highest BCUT2D eigenvalue weighted by atomic mass is 16.6. The number of amides is 2. The van der Waals surface area contributed by atoms with Gasteiger partial charge in [0.2, 0.25) is 5.91 Å². The summed E-state index contributed by atoms with van der Waals surface area (Å²) >= 11 is 0. The lowest BCUT2D eigenvalue weighted by atomic mass is 9.94. The van der Waals surface area contributed by atoms with Gasteiger partial charge in [-0.25, -0.2) is 4.79 Å². The first-order chi connectivity index (χ1) is 14.5. The van der Waals surface area contributed by atoms with E-state index in [1.807, 2.05) is 12.1 Å². The summed E-state index contributed by atoms with van der Waals surface area (Å²) in [5.74, 6) is 0.607. The summed E-state index contributed by atoms with van der Waals surface area (Å²) in [6.45, 7) is 5.51. The molecule has 2 saturated heterocycles. The van der Waals surface area contributed by atoms with Gasteiger partial charge in [0.05, 0.1) is 13.1 Å². The minimum Gasteiger partial charge on any atom is -0.442 e. The van der Waals surface area contributed by atoms with E-state index in [0.29, 0.717) is 13.1 Å². The quantitative estimate of drug-likeness (QED) is 0.803. The molecule has 3 atom stereocenters. The molecular weight excluding hydrogens is 378 g/mol. The molecule has 3 unspecified atom stereocenters. The molecule has 0 aromatic heterocycles. The maximum Gasteiger partial charge on any atom is 0.414 e. The number of nitrogens with zero attached hydrogens (tertiary/aromatic N) is 2. The standard InChI is InChI=1S/C24H27N3O3/c1-17(28)25-12-22-15-27(23(29)30-22)21-9-7-19(8-10-21)24-11-20(24)14-26(16-24)13-18-5-3-2-4-6-18/h2-10,20,22H,11-16H2,1H3,(H,25,28). The van der Waals surface area contributed by atoms with Crippen LogP contribution in [-0.4, -0.2) is 49.2 Å². The molecule has 5 rings (SSSR count). The molecule has 6 heteroatoms. The molecule has 2 heterocycles. The van der Waals surface area contributed by atoms with Crippen molar-refractivity contribution in [1.82, 2.24) is 10.2 Å². The van der Waals surface area contributed by atoms with Crippen molar-refractivity contribution in [1.29, 1.82) is 0 Å². The highest BCUT2D eigenvalue weighted by Gasteiger charge is 2.60. The fourth-order valence-electron chi connectivity index (χ4n) is 5.07. The number of benzene rings is 2. The summed E-state index contributed by atoms with van der Waals surface area (Å²) in [5, 5.41) is 2.71. The largest absolute Gasteiger partial charge is 0.442 e. The number of fused-ring (bicyclic) bond motifs is 1. The van der Waals surface area contributed by atoms with Gasteiger partial charge in [0.15, 0.2) is 0 Å². The van der Waals surface area contributed by atoms with Crippen LogP contribution in [-0.2, 0) is 21.5 Å². The van der Waals surface area contributed by atoms with E-state index < -0.39 is 0 Å². The molecule has 3 fully saturated rings. The van der Waals surface area contributed by atoms with Crippen LogP contribution in [0.25, 0.3) is 0 Å². The van der Waals surface area contributed by atoms with E-state index in [-0.39, 0.29) is 23.5 Å². The van der Waals surface area contributed by atoms with Gasteiger partial charge in [-0.2, -0.15) is 0 Å². The summed E-state index contributed by atoms with van der Waals surface area (Å²) < 4.78 is 5.37. The molecule has 2 aromatic carbocycles. The van der Waals surface area contributed by atoms with Crippen molar-refractivity contribution >= 4 is 17.7 Å². The minimum absolute atomic E-state index is 0.120. The highest BCUT2D eigenvalue weighted by molar-refractivity contribution is 5.89. The van der Waals surface area contributed by atoms with Crippen molar-refractivity contribution in [2.75, 3.05) is 31.1 Å². The second kappa shape index (κ2) is 7.43. The first-order valence-electron chi connectivity index (χ1n) is 10.6. The van der Waals surface area contributed by atoms with Crippen LogP contribution >= 0.6 is 0 Å². The van der Waals surface area contributed by atoms with Gasteiger partial charge in [-0.15, -0.1) is 0 Å². The molecule has 1 aliphatic carbocycles. The van der Waals surface area contributed by atoms with E-state index in [1.54, 1.807) is 4.90 Å². The lowest BCUT2D eigenvalue weighted by Crippen LogP contribution is -2.33. The van der Waals surface area contributed by atoms with Crippen molar-refractivity contribution in [2.24, 2.45) is 5.92 Å². The van der Waals surface area contributed by atoms with Gasteiger partial charge >= 0.3 is 6.09 Å². The Bertz CT molecular complexity index is 946. The van der Waals surface area contributed by atoms with Gasteiger partial charge in [-0.1, -0.05) is 42.5 Å². The van der Waals surface area contributed by atoms with Crippen molar-refractivity contribution < 1.29 is 14.3 Å². The van der Waals surface area contributed by atoms with Gasteiger partial charge in [-0.05, 0) is 35.6 Å². The summed E-state index contributed by atoms with van der Waals surface area (Å²) in [6, 6.07) is 19.1. The topological polar surface area (TPSA) is 61.9 Å². The number of likely N-dealkylation sites (tertiary alicyclic amines) is 1. The zero-order chi connectivity index (χ0) is 20.7. The Kier molecular flexibility index (Phi) is 4.74. The van der Waals surface area contributed by atoms with Crippen LogP contribution in [0, 0.1) is 5.92 Å². The first kappa shape index (κ1) is 19.1. The van der Waals surface area contributed by atoms with Crippen molar-refractivity contribution in [2.45, 2.75) is 31.4 Å². The number of cyclic esters (lactones) is 1. The van der Waals surface area contributed by atoms with Crippen molar-refractivity contribution in [3.63, 3.8) is 0 Å². The normalized spacial score (nSPS) is 27.6. The summed E-state index contributed by atoms with van der Waals surface area (Å²) in [5.41, 5.74) is 3.86. The van der Waals surface area contributed by atoms with Crippen molar-refractivity contribution in [3.05, 3.63) is 65.7 Å². The maximum atomic E-state index is 12.2. The van der Waals surface area contributed by atoms with Crippen molar-refractivity contribution in [3.8, 4) is 0 Å². The lowest BCUT2D eigenvalue weighted by Gasteiger charge is -2.22. The molecule has 0 radical (unpaired) electrons. The molecule has 156 valence electrons. The maximum absolute atomic E-state index is 12.2. The number of anilines is 1. The summed E-state index contributed by atoms with van der Waals surface area (Å²) in [4.78, 5) is 27.5. The second-order valence-corrected chi connectivity index (χ2v) is 8.81. The molecule has 2 aromatic rings. The number of carbonyl (C=O) groups is 2. The molecule has 2 amide bonds. The van der Waals surface area contributed by atoms with Crippen LogP contribution in [0.3, 0.4) is 0 Å². The van der Waals surface area contributed by atoms with Crippen LogP contribution in [0.15, 0.2) is 54.6 Å². The molecule has 2 aliphatic heterocycles. The van der Waals surface area contributed by atoms with E-state index in [9.17, 15) is 9.59 Å². The third-order valence-corrected chi connectivity index (χ3v) is 6.67.